The summed E-state index contributed by atoms with van der Waals surface area (Å²) in [7, 11) is 0. The van der Waals surface area contributed by atoms with Gasteiger partial charge in [-0.3, -0.25) is 9.36 Å². The van der Waals surface area contributed by atoms with Crippen LogP contribution in [0.1, 0.15) is 41.7 Å². The molecular formula is C27H29N5OS2. The number of benzene rings is 2. The average Bonchev–Trinajstić information content (AvgIpc) is 3.44. The summed E-state index contributed by atoms with van der Waals surface area (Å²) in [5.41, 5.74) is 7.01. The highest BCUT2D eigenvalue weighted by atomic mass is 32.2. The first-order valence-electron chi connectivity index (χ1n) is 11.4. The Kier molecular flexibility index (Phi) is 7.52. The number of amides is 1. The molecule has 1 N–H and O–H groups in total. The van der Waals surface area contributed by atoms with Crippen molar-refractivity contribution in [1.29, 1.82) is 0 Å². The summed E-state index contributed by atoms with van der Waals surface area (Å²) in [6.07, 6.45) is 1.66. The minimum absolute atomic E-state index is 0.0718. The smallest absolute Gasteiger partial charge is 0.250 e. The quantitative estimate of drug-likeness (QED) is 0.186. The maximum atomic E-state index is 12.4. The third kappa shape index (κ3) is 6.26. The largest absolute Gasteiger partial charge is 0.272 e. The molecule has 4 rings (SSSR count). The normalized spacial score (nSPS) is 11.8. The van der Waals surface area contributed by atoms with Crippen LogP contribution in [0.3, 0.4) is 0 Å². The molecule has 0 aliphatic heterocycles. The molecule has 0 spiro atoms. The highest BCUT2D eigenvalue weighted by Gasteiger charge is 2.19. The Hall–Kier alpha value is -3.23. The van der Waals surface area contributed by atoms with E-state index in [0.29, 0.717) is 5.16 Å². The molecule has 4 aromatic rings. The van der Waals surface area contributed by atoms with Crippen molar-refractivity contribution in [2.75, 3.05) is 5.75 Å². The van der Waals surface area contributed by atoms with Gasteiger partial charge in [0.25, 0.3) is 5.91 Å². The first-order valence-corrected chi connectivity index (χ1v) is 13.2. The van der Waals surface area contributed by atoms with Crippen LogP contribution in [0.25, 0.3) is 17.1 Å². The Morgan fingerprint density at radius 1 is 1.03 bits per heavy atom. The number of thioether (sulfide) groups is 1. The van der Waals surface area contributed by atoms with Crippen LogP contribution in [-0.2, 0) is 10.2 Å². The Labute approximate surface area is 214 Å². The summed E-state index contributed by atoms with van der Waals surface area (Å²) in [4.78, 5) is 14.6. The highest BCUT2D eigenvalue weighted by Crippen LogP contribution is 2.30. The second-order valence-corrected chi connectivity index (χ2v) is 11.6. The fourth-order valence-corrected chi connectivity index (χ4v) is 4.94. The first-order chi connectivity index (χ1) is 16.7. The molecular weight excluding hydrogens is 474 g/mol. The number of hydrazone groups is 1. The number of aryl methyl sites for hydroxylation is 2. The zero-order chi connectivity index (χ0) is 25.0. The van der Waals surface area contributed by atoms with Gasteiger partial charge in [0.15, 0.2) is 11.0 Å². The standard InChI is InChI=1S/C27H29N5OS2/c1-18-6-13-22(14-7-18)32-25(20-9-11-21(12-10-20)27(3,4)5)30-31-26(32)34-17-24(33)29-28-16-23-15-8-19(2)35-23/h6-16H,17H2,1-5H3,(H,29,33)/b28-16-. The van der Waals surface area contributed by atoms with Crippen LogP contribution in [0.4, 0.5) is 0 Å². The molecule has 0 aliphatic carbocycles. The molecule has 0 bridgehead atoms. The molecule has 1 amide bonds. The van der Waals surface area contributed by atoms with E-state index in [2.05, 4.69) is 84.8 Å². The van der Waals surface area contributed by atoms with E-state index in [1.807, 2.05) is 35.8 Å². The van der Waals surface area contributed by atoms with Gasteiger partial charge in [0.05, 0.1) is 12.0 Å². The number of hydrogen-bond acceptors (Lipinski definition) is 6. The highest BCUT2D eigenvalue weighted by molar-refractivity contribution is 7.99. The van der Waals surface area contributed by atoms with Gasteiger partial charge in [0.2, 0.25) is 0 Å². The summed E-state index contributed by atoms with van der Waals surface area (Å²) >= 11 is 2.96. The van der Waals surface area contributed by atoms with Gasteiger partial charge in [0, 0.05) is 21.0 Å². The van der Waals surface area contributed by atoms with E-state index < -0.39 is 0 Å². The van der Waals surface area contributed by atoms with Crippen molar-refractivity contribution in [2.45, 2.75) is 45.2 Å². The van der Waals surface area contributed by atoms with Gasteiger partial charge in [0.1, 0.15) is 0 Å². The lowest BCUT2D eigenvalue weighted by atomic mass is 9.87. The monoisotopic (exact) mass is 503 g/mol. The number of aromatic nitrogens is 3. The van der Waals surface area contributed by atoms with E-state index in [0.717, 1.165) is 22.0 Å². The van der Waals surface area contributed by atoms with E-state index in [1.54, 1.807) is 17.6 Å². The fourth-order valence-electron chi connectivity index (χ4n) is 3.45. The van der Waals surface area contributed by atoms with Gasteiger partial charge in [-0.25, -0.2) is 5.43 Å². The summed E-state index contributed by atoms with van der Waals surface area (Å²) in [5.74, 6) is 0.714. The number of nitrogens with one attached hydrogen (secondary N) is 1. The molecule has 6 nitrogen and oxygen atoms in total. The number of nitrogens with zero attached hydrogens (tertiary/aromatic N) is 4. The minimum Gasteiger partial charge on any atom is -0.272 e. The van der Waals surface area contributed by atoms with Crippen LogP contribution < -0.4 is 5.43 Å². The predicted octanol–water partition coefficient (Wildman–Crippen LogP) is 6.15. The molecule has 180 valence electrons. The van der Waals surface area contributed by atoms with Gasteiger partial charge in [-0.2, -0.15) is 5.10 Å². The number of hydrogen-bond donors (Lipinski definition) is 1. The molecule has 0 fully saturated rings. The number of carbonyl (C=O) groups is 1. The molecule has 0 radical (unpaired) electrons. The van der Waals surface area contributed by atoms with Crippen molar-refractivity contribution in [3.05, 3.63) is 81.5 Å². The van der Waals surface area contributed by atoms with Crippen molar-refractivity contribution >= 4 is 35.2 Å². The second kappa shape index (κ2) is 10.6. The molecule has 2 heterocycles. The Balaban J connectivity index is 1.55. The third-order valence-electron chi connectivity index (χ3n) is 5.41. The van der Waals surface area contributed by atoms with Crippen LogP contribution in [-0.4, -0.2) is 32.6 Å². The van der Waals surface area contributed by atoms with E-state index in [1.165, 1.54) is 27.8 Å². The van der Waals surface area contributed by atoms with Crippen LogP contribution in [0, 0.1) is 13.8 Å². The van der Waals surface area contributed by atoms with Crippen molar-refractivity contribution in [1.82, 2.24) is 20.2 Å². The van der Waals surface area contributed by atoms with Crippen molar-refractivity contribution in [2.24, 2.45) is 5.10 Å². The summed E-state index contributed by atoms with van der Waals surface area (Å²) in [6, 6.07) is 20.6. The van der Waals surface area contributed by atoms with E-state index in [9.17, 15) is 4.79 Å². The van der Waals surface area contributed by atoms with Gasteiger partial charge < -0.3 is 0 Å². The van der Waals surface area contributed by atoms with Gasteiger partial charge in [-0.1, -0.05) is 74.5 Å². The lowest BCUT2D eigenvalue weighted by Gasteiger charge is -2.19. The summed E-state index contributed by atoms with van der Waals surface area (Å²) in [5, 5.41) is 13.6. The molecule has 2 aromatic carbocycles. The fraction of sp³-hybridized carbons (Fsp3) is 0.259. The Bertz CT molecular complexity index is 1330. The number of rotatable bonds is 7. The molecule has 35 heavy (non-hydrogen) atoms. The molecule has 2 aromatic heterocycles. The third-order valence-corrected chi connectivity index (χ3v) is 7.27. The predicted molar refractivity (Wildman–Crippen MR) is 146 cm³/mol. The lowest BCUT2D eigenvalue weighted by Crippen LogP contribution is -2.19. The average molecular weight is 504 g/mol. The molecule has 0 saturated heterocycles. The minimum atomic E-state index is -0.200. The van der Waals surface area contributed by atoms with Crippen molar-refractivity contribution in [3.63, 3.8) is 0 Å². The zero-order valence-corrected chi connectivity index (χ0v) is 22.2. The van der Waals surface area contributed by atoms with E-state index in [4.69, 9.17) is 0 Å². The number of thiophene rings is 1. The lowest BCUT2D eigenvalue weighted by molar-refractivity contribution is -0.118. The molecule has 0 unspecified atom stereocenters. The summed E-state index contributed by atoms with van der Waals surface area (Å²) < 4.78 is 2.00. The van der Waals surface area contributed by atoms with Gasteiger partial charge in [-0.05, 0) is 49.1 Å². The van der Waals surface area contributed by atoms with E-state index >= 15 is 0 Å². The van der Waals surface area contributed by atoms with Gasteiger partial charge in [-0.15, -0.1) is 21.5 Å². The second-order valence-electron chi connectivity index (χ2n) is 9.33. The molecule has 0 aliphatic rings. The van der Waals surface area contributed by atoms with Crippen LogP contribution in [0.15, 0.2) is 70.9 Å². The van der Waals surface area contributed by atoms with Crippen molar-refractivity contribution < 1.29 is 4.79 Å². The Morgan fingerprint density at radius 2 is 1.74 bits per heavy atom. The number of carbonyl (C=O) groups excluding carboxylic acids is 1. The molecule has 0 atom stereocenters. The van der Waals surface area contributed by atoms with Crippen LogP contribution in [0.2, 0.25) is 0 Å². The summed E-state index contributed by atoms with van der Waals surface area (Å²) in [6.45, 7) is 10.7. The molecule has 0 saturated carbocycles. The maximum Gasteiger partial charge on any atom is 0.250 e. The van der Waals surface area contributed by atoms with Crippen molar-refractivity contribution in [3.8, 4) is 17.1 Å². The van der Waals surface area contributed by atoms with Gasteiger partial charge >= 0.3 is 0 Å². The van der Waals surface area contributed by atoms with Crippen LogP contribution in [0.5, 0.6) is 0 Å². The topological polar surface area (TPSA) is 72.2 Å². The van der Waals surface area contributed by atoms with Crippen LogP contribution >= 0.6 is 23.1 Å². The maximum absolute atomic E-state index is 12.4. The first kappa shape index (κ1) is 24.9. The SMILES string of the molecule is Cc1ccc(-n2c(SCC(=O)N/N=C\c3ccc(C)s3)nnc2-c2ccc(C(C)(C)C)cc2)cc1. The Morgan fingerprint density at radius 3 is 2.37 bits per heavy atom. The molecule has 8 heteroatoms. The van der Waals surface area contributed by atoms with E-state index in [-0.39, 0.29) is 17.1 Å². The zero-order valence-electron chi connectivity index (χ0n) is 20.6.